The molecule has 0 aliphatic carbocycles. The molecule has 35 heavy (non-hydrogen) atoms. The zero-order valence-corrected chi connectivity index (χ0v) is 19.8. The minimum absolute atomic E-state index is 0.00611. The SMILES string of the molecule is CC(NC(=O)c1cccc(NCC(=O)Nc2cccc(C(=O)N3CCCC3)c2)c1)c1ccccc1. The third kappa shape index (κ3) is 6.47. The second kappa shape index (κ2) is 11.3. The van der Waals surface area contributed by atoms with Gasteiger partial charge in [-0.3, -0.25) is 14.4 Å². The highest BCUT2D eigenvalue weighted by Gasteiger charge is 2.19. The monoisotopic (exact) mass is 470 g/mol. The molecule has 0 radical (unpaired) electrons. The lowest BCUT2D eigenvalue weighted by Crippen LogP contribution is -2.28. The minimum Gasteiger partial charge on any atom is -0.376 e. The van der Waals surface area contributed by atoms with Gasteiger partial charge in [0.05, 0.1) is 12.6 Å². The Morgan fingerprint density at radius 2 is 1.49 bits per heavy atom. The van der Waals surface area contributed by atoms with E-state index in [1.807, 2.05) is 42.2 Å². The lowest BCUT2D eigenvalue weighted by atomic mass is 10.1. The zero-order chi connectivity index (χ0) is 24.6. The first kappa shape index (κ1) is 24.0. The number of anilines is 2. The molecule has 3 amide bonds. The van der Waals surface area contributed by atoms with E-state index < -0.39 is 0 Å². The molecule has 7 heteroatoms. The van der Waals surface area contributed by atoms with Gasteiger partial charge in [-0.25, -0.2) is 0 Å². The molecule has 0 saturated carbocycles. The zero-order valence-electron chi connectivity index (χ0n) is 19.8. The Labute approximate surface area is 205 Å². The average Bonchev–Trinajstić information content (AvgIpc) is 3.43. The fourth-order valence-corrected chi connectivity index (χ4v) is 4.10. The van der Waals surface area contributed by atoms with Gasteiger partial charge >= 0.3 is 0 Å². The molecule has 4 rings (SSSR count). The molecule has 7 nitrogen and oxygen atoms in total. The predicted octanol–water partition coefficient (Wildman–Crippen LogP) is 4.46. The van der Waals surface area contributed by atoms with Crippen molar-refractivity contribution in [2.45, 2.75) is 25.8 Å². The van der Waals surface area contributed by atoms with Crippen molar-refractivity contribution < 1.29 is 14.4 Å². The van der Waals surface area contributed by atoms with E-state index in [2.05, 4.69) is 16.0 Å². The molecule has 0 bridgehead atoms. The molecule has 1 heterocycles. The van der Waals surface area contributed by atoms with Gasteiger partial charge in [-0.1, -0.05) is 42.5 Å². The lowest BCUT2D eigenvalue weighted by molar-refractivity contribution is -0.114. The molecule has 1 aliphatic heterocycles. The summed E-state index contributed by atoms with van der Waals surface area (Å²) < 4.78 is 0. The summed E-state index contributed by atoms with van der Waals surface area (Å²) in [6, 6.07) is 23.7. The Bertz CT molecular complexity index is 1190. The normalized spacial score (nSPS) is 13.7. The smallest absolute Gasteiger partial charge is 0.253 e. The van der Waals surface area contributed by atoms with Crippen molar-refractivity contribution in [3.8, 4) is 0 Å². The van der Waals surface area contributed by atoms with E-state index in [4.69, 9.17) is 0 Å². The number of nitrogens with one attached hydrogen (secondary N) is 3. The predicted molar refractivity (Wildman–Crippen MR) is 137 cm³/mol. The van der Waals surface area contributed by atoms with Crippen LogP contribution in [0.5, 0.6) is 0 Å². The summed E-state index contributed by atoms with van der Waals surface area (Å²) in [6.45, 7) is 3.52. The van der Waals surface area contributed by atoms with Gasteiger partial charge in [0.25, 0.3) is 11.8 Å². The van der Waals surface area contributed by atoms with Crippen LogP contribution in [0.2, 0.25) is 0 Å². The molecule has 1 fully saturated rings. The summed E-state index contributed by atoms with van der Waals surface area (Å²) in [5.41, 5.74) is 3.34. The van der Waals surface area contributed by atoms with E-state index in [-0.39, 0.29) is 30.3 Å². The van der Waals surface area contributed by atoms with Crippen molar-refractivity contribution in [1.82, 2.24) is 10.2 Å². The van der Waals surface area contributed by atoms with Gasteiger partial charge in [-0.15, -0.1) is 0 Å². The van der Waals surface area contributed by atoms with Gasteiger partial charge in [-0.2, -0.15) is 0 Å². The Hall–Kier alpha value is -4.13. The summed E-state index contributed by atoms with van der Waals surface area (Å²) in [7, 11) is 0. The summed E-state index contributed by atoms with van der Waals surface area (Å²) in [4.78, 5) is 39.6. The number of carbonyl (C=O) groups excluding carboxylic acids is 3. The Kier molecular flexibility index (Phi) is 7.77. The van der Waals surface area contributed by atoms with E-state index in [1.165, 1.54) is 0 Å². The van der Waals surface area contributed by atoms with Gasteiger partial charge in [0.2, 0.25) is 5.91 Å². The maximum Gasteiger partial charge on any atom is 0.253 e. The van der Waals surface area contributed by atoms with Gasteiger partial charge < -0.3 is 20.9 Å². The van der Waals surface area contributed by atoms with Crippen LogP contribution in [0.3, 0.4) is 0 Å². The number of benzene rings is 3. The molecule has 3 N–H and O–H groups in total. The molecular formula is C28H30N4O3. The van der Waals surface area contributed by atoms with Gasteiger partial charge in [0.1, 0.15) is 0 Å². The molecule has 180 valence electrons. The van der Waals surface area contributed by atoms with Crippen molar-refractivity contribution in [3.05, 3.63) is 95.6 Å². The second-order valence-electron chi connectivity index (χ2n) is 8.67. The first-order valence-corrected chi connectivity index (χ1v) is 11.9. The van der Waals surface area contributed by atoms with E-state index in [0.29, 0.717) is 22.5 Å². The van der Waals surface area contributed by atoms with Crippen LogP contribution in [0.4, 0.5) is 11.4 Å². The van der Waals surface area contributed by atoms with Crippen LogP contribution in [0.1, 0.15) is 52.1 Å². The molecular weight excluding hydrogens is 440 g/mol. The topological polar surface area (TPSA) is 90.5 Å². The maximum atomic E-state index is 12.7. The van der Waals surface area contributed by atoms with E-state index in [1.54, 1.807) is 48.5 Å². The highest BCUT2D eigenvalue weighted by atomic mass is 16.2. The Morgan fingerprint density at radius 1 is 0.829 bits per heavy atom. The fourth-order valence-electron chi connectivity index (χ4n) is 4.10. The quantitative estimate of drug-likeness (QED) is 0.453. The number of likely N-dealkylation sites (tertiary alicyclic amines) is 1. The van der Waals surface area contributed by atoms with Crippen molar-refractivity contribution in [1.29, 1.82) is 0 Å². The number of carbonyl (C=O) groups is 3. The largest absolute Gasteiger partial charge is 0.376 e. The van der Waals surface area contributed by atoms with Crippen LogP contribution in [0.15, 0.2) is 78.9 Å². The van der Waals surface area contributed by atoms with E-state index >= 15 is 0 Å². The van der Waals surface area contributed by atoms with E-state index in [0.717, 1.165) is 31.5 Å². The summed E-state index contributed by atoms with van der Waals surface area (Å²) in [5, 5.41) is 8.88. The van der Waals surface area contributed by atoms with Crippen LogP contribution in [-0.4, -0.2) is 42.3 Å². The molecule has 1 saturated heterocycles. The molecule has 0 spiro atoms. The van der Waals surface area contributed by atoms with Crippen LogP contribution >= 0.6 is 0 Å². The van der Waals surface area contributed by atoms with Crippen LogP contribution in [0.25, 0.3) is 0 Å². The standard InChI is InChI=1S/C28H30N4O3/c1-20(21-9-3-2-4-10-21)30-27(34)22-11-7-13-24(17-22)29-19-26(33)31-25-14-8-12-23(18-25)28(35)32-15-5-6-16-32/h2-4,7-14,17-18,20,29H,5-6,15-16,19H2,1H3,(H,30,34)(H,31,33). The van der Waals surface area contributed by atoms with Gasteiger partial charge in [-0.05, 0) is 61.7 Å². The van der Waals surface area contributed by atoms with Crippen molar-refractivity contribution in [2.75, 3.05) is 30.3 Å². The third-order valence-corrected chi connectivity index (χ3v) is 6.01. The number of hydrogen-bond donors (Lipinski definition) is 3. The second-order valence-corrected chi connectivity index (χ2v) is 8.67. The average molecular weight is 471 g/mol. The highest BCUT2D eigenvalue weighted by molar-refractivity contribution is 5.98. The minimum atomic E-state index is -0.247. The van der Waals surface area contributed by atoms with Crippen molar-refractivity contribution in [3.63, 3.8) is 0 Å². The summed E-state index contributed by atoms with van der Waals surface area (Å²) in [6.07, 6.45) is 2.06. The Balaban J connectivity index is 1.31. The van der Waals surface area contributed by atoms with Crippen LogP contribution in [-0.2, 0) is 4.79 Å². The first-order valence-electron chi connectivity index (χ1n) is 11.9. The molecule has 3 aromatic carbocycles. The summed E-state index contributed by atoms with van der Waals surface area (Å²) >= 11 is 0. The molecule has 1 aliphatic rings. The molecule has 0 aromatic heterocycles. The number of rotatable bonds is 8. The van der Waals surface area contributed by atoms with Crippen LogP contribution in [0, 0.1) is 0 Å². The number of nitrogens with zero attached hydrogens (tertiary/aromatic N) is 1. The first-order chi connectivity index (χ1) is 17.0. The summed E-state index contributed by atoms with van der Waals surface area (Å²) in [5.74, 6) is -0.439. The number of amides is 3. The van der Waals surface area contributed by atoms with Crippen molar-refractivity contribution >= 4 is 29.1 Å². The number of hydrogen-bond acceptors (Lipinski definition) is 4. The maximum absolute atomic E-state index is 12.7. The lowest BCUT2D eigenvalue weighted by Gasteiger charge is -2.16. The third-order valence-electron chi connectivity index (χ3n) is 6.01. The highest BCUT2D eigenvalue weighted by Crippen LogP contribution is 2.17. The van der Waals surface area contributed by atoms with Crippen molar-refractivity contribution in [2.24, 2.45) is 0 Å². The molecule has 1 unspecified atom stereocenters. The fraction of sp³-hybridized carbons (Fsp3) is 0.250. The van der Waals surface area contributed by atoms with E-state index in [9.17, 15) is 14.4 Å². The molecule has 3 aromatic rings. The van der Waals surface area contributed by atoms with Gasteiger partial charge in [0, 0.05) is 35.6 Å². The van der Waals surface area contributed by atoms with Gasteiger partial charge in [0.15, 0.2) is 0 Å². The molecule has 1 atom stereocenters. The Morgan fingerprint density at radius 3 is 2.23 bits per heavy atom. The van der Waals surface area contributed by atoms with Crippen LogP contribution < -0.4 is 16.0 Å².